The quantitative estimate of drug-likeness (QED) is 0.0664. The molecular weight excluding hydrogens is 452 g/mol. The predicted molar refractivity (Wildman–Crippen MR) is 145 cm³/mol. The molecule has 6 nitrogen and oxygen atoms in total. The van der Waals surface area contributed by atoms with Crippen LogP contribution in [0.25, 0.3) is 12.2 Å². The summed E-state index contributed by atoms with van der Waals surface area (Å²) in [4.78, 5) is 14.6. The van der Waals surface area contributed by atoms with Crippen LogP contribution < -0.4 is 9.47 Å². The number of nitro benzene ring substituents is 1. The molecule has 0 aliphatic rings. The van der Waals surface area contributed by atoms with Gasteiger partial charge in [-0.15, -0.1) is 0 Å². The molecule has 6 heteroatoms. The summed E-state index contributed by atoms with van der Waals surface area (Å²) in [6.07, 6.45) is 17.6. The molecule has 1 aromatic heterocycles. The van der Waals surface area contributed by atoms with Gasteiger partial charge in [-0.25, -0.2) is 0 Å². The van der Waals surface area contributed by atoms with Crippen LogP contribution >= 0.6 is 0 Å². The van der Waals surface area contributed by atoms with Crippen LogP contribution in [-0.4, -0.2) is 16.2 Å². The van der Waals surface area contributed by atoms with Crippen molar-refractivity contribution in [3.05, 3.63) is 94.3 Å². The van der Waals surface area contributed by atoms with Gasteiger partial charge in [-0.05, 0) is 42.3 Å². The summed E-state index contributed by atoms with van der Waals surface area (Å²) in [5.74, 6) is 1.46. The Balaban J connectivity index is 1.63. The van der Waals surface area contributed by atoms with E-state index in [0.717, 1.165) is 41.9 Å². The Kier molecular flexibility index (Phi) is 11.5. The minimum atomic E-state index is -0.415. The van der Waals surface area contributed by atoms with Crippen molar-refractivity contribution in [2.45, 2.75) is 71.0 Å². The van der Waals surface area contributed by atoms with Gasteiger partial charge in [-0.2, -0.15) is 0 Å². The summed E-state index contributed by atoms with van der Waals surface area (Å²) in [6, 6.07) is 18.0. The molecule has 2 aromatic carbocycles. The third-order valence-electron chi connectivity index (χ3n) is 5.95. The van der Waals surface area contributed by atoms with Crippen LogP contribution in [0, 0.1) is 10.1 Å². The van der Waals surface area contributed by atoms with Gasteiger partial charge in [0, 0.05) is 36.5 Å². The van der Waals surface area contributed by atoms with E-state index >= 15 is 0 Å². The van der Waals surface area contributed by atoms with Gasteiger partial charge in [0.15, 0.2) is 0 Å². The van der Waals surface area contributed by atoms with Crippen LogP contribution in [-0.2, 0) is 0 Å². The summed E-state index contributed by atoms with van der Waals surface area (Å²) in [5, 5.41) is 10.9. The summed E-state index contributed by atoms with van der Waals surface area (Å²) in [7, 11) is 0. The molecule has 3 rings (SSSR count). The molecule has 0 bridgehead atoms. The molecule has 0 saturated carbocycles. The molecule has 0 saturated heterocycles. The molecule has 0 fully saturated rings. The van der Waals surface area contributed by atoms with Crippen molar-refractivity contribution in [2.75, 3.05) is 0 Å². The van der Waals surface area contributed by atoms with Crippen LogP contribution in [0.3, 0.4) is 0 Å². The first-order valence-electron chi connectivity index (χ1n) is 12.9. The maximum absolute atomic E-state index is 10.9. The second kappa shape index (κ2) is 15.4. The van der Waals surface area contributed by atoms with Gasteiger partial charge in [0.05, 0.1) is 4.92 Å². The Labute approximate surface area is 214 Å². The lowest BCUT2D eigenvalue weighted by Gasteiger charge is -2.21. The molecule has 0 aliphatic heterocycles. The van der Waals surface area contributed by atoms with E-state index in [-0.39, 0.29) is 5.69 Å². The molecule has 0 aliphatic carbocycles. The Morgan fingerprint density at radius 3 is 2.19 bits per heavy atom. The molecule has 190 valence electrons. The number of nitrogens with zero attached hydrogens (tertiary/aromatic N) is 2. The Hall–Kier alpha value is -3.67. The van der Waals surface area contributed by atoms with E-state index in [0.29, 0.717) is 0 Å². The average molecular weight is 489 g/mol. The molecule has 0 radical (unpaired) electrons. The standard InChI is InChI=1S/C30H36N2O4/c1-2-3-4-5-6-7-8-9-14-30(35-28-21-23-31-24-22-28)36-29-13-11-10-12-26(29)18-15-25-16-19-27(20-17-25)32(33)34/h10-13,15-24,30H,2-9,14H2,1H3. The van der Waals surface area contributed by atoms with Gasteiger partial charge in [-0.1, -0.05) is 82.2 Å². The Morgan fingerprint density at radius 1 is 0.833 bits per heavy atom. The predicted octanol–water partition coefficient (Wildman–Crippen LogP) is 8.47. The number of non-ortho nitro benzene ring substituents is 1. The number of pyridine rings is 1. The zero-order chi connectivity index (χ0) is 25.4. The highest BCUT2D eigenvalue weighted by Gasteiger charge is 2.14. The number of hydrogen-bond acceptors (Lipinski definition) is 5. The van der Waals surface area contributed by atoms with Crippen molar-refractivity contribution < 1.29 is 14.4 Å². The fraction of sp³-hybridized carbons (Fsp3) is 0.367. The number of benzene rings is 2. The number of hydrogen-bond donors (Lipinski definition) is 0. The lowest BCUT2D eigenvalue weighted by molar-refractivity contribution is -0.384. The van der Waals surface area contributed by atoms with Gasteiger partial charge in [0.25, 0.3) is 5.69 Å². The topological polar surface area (TPSA) is 74.5 Å². The second-order valence-corrected chi connectivity index (χ2v) is 8.83. The van der Waals surface area contributed by atoms with Crippen molar-refractivity contribution in [1.29, 1.82) is 0 Å². The molecule has 1 unspecified atom stereocenters. The summed E-state index contributed by atoms with van der Waals surface area (Å²) in [6.45, 7) is 2.24. The van der Waals surface area contributed by atoms with Crippen LogP contribution in [0.4, 0.5) is 5.69 Å². The highest BCUT2D eigenvalue weighted by atomic mass is 16.7. The number of rotatable bonds is 16. The van der Waals surface area contributed by atoms with Crippen molar-refractivity contribution in [2.24, 2.45) is 0 Å². The van der Waals surface area contributed by atoms with E-state index in [9.17, 15) is 10.1 Å². The smallest absolute Gasteiger partial charge is 0.269 e. The Bertz CT molecular complexity index is 1070. The third kappa shape index (κ3) is 9.53. The maximum atomic E-state index is 10.9. The molecule has 0 N–H and O–H groups in total. The van der Waals surface area contributed by atoms with Gasteiger partial charge in [0.1, 0.15) is 11.5 Å². The van der Waals surface area contributed by atoms with Crippen LogP contribution in [0.5, 0.6) is 11.5 Å². The summed E-state index contributed by atoms with van der Waals surface area (Å²) < 4.78 is 12.5. The first-order valence-corrected chi connectivity index (χ1v) is 12.9. The van der Waals surface area contributed by atoms with E-state index in [1.807, 2.05) is 48.6 Å². The van der Waals surface area contributed by atoms with Crippen molar-refractivity contribution in [1.82, 2.24) is 4.98 Å². The fourth-order valence-corrected chi connectivity index (χ4v) is 3.92. The van der Waals surface area contributed by atoms with Gasteiger partial charge < -0.3 is 9.47 Å². The molecule has 0 amide bonds. The molecule has 1 heterocycles. The Morgan fingerprint density at radius 2 is 1.50 bits per heavy atom. The van der Waals surface area contributed by atoms with E-state index in [1.165, 1.54) is 50.7 Å². The van der Waals surface area contributed by atoms with E-state index in [1.54, 1.807) is 24.5 Å². The molecule has 3 aromatic rings. The number of nitro groups is 1. The zero-order valence-electron chi connectivity index (χ0n) is 21.1. The maximum Gasteiger partial charge on any atom is 0.269 e. The highest BCUT2D eigenvalue weighted by molar-refractivity contribution is 5.72. The SMILES string of the molecule is CCCCCCCCCCC(Oc1ccncc1)Oc1ccccc1C=Cc1ccc([N+](=O)[O-])cc1. The van der Waals surface area contributed by atoms with Gasteiger partial charge in [-0.3, -0.25) is 15.1 Å². The minimum absolute atomic E-state index is 0.0768. The largest absolute Gasteiger partial charge is 0.455 e. The van der Waals surface area contributed by atoms with Crippen molar-refractivity contribution >= 4 is 17.8 Å². The monoisotopic (exact) mass is 488 g/mol. The van der Waals surface area contributed by atoms with Crippen LogP contribution in [0.2, 0.25) is 0 Å². The highest BCUT2D eigenvalue weighted by Crippen LogP contribution is 2.25. The van der Waals surface area contributed by atoms with Gasteiger partial charge in [0.2, 0.25) is 6.29 Å². The number of para-hydroxylation sites is 1. The lowest BCUT2D eigenvalue weighted by Crippen LogP contribution is -2.24. The first kappa shape index (κ1) is 26.9. The lowest BCUT2D eigenvalue weighted by atomic mass is 10.1. The van der Waals surface area contributed by atoms with Crippen molar-refractivity contribution in [3.8, 4) is 11.5 Å². The van der Waals surface area contributed by atoms with E-state index < -0.39 is 11.2 Å². The number of unbranched alkanes of at least 4 members (excludes halogenated alkanes) is 7. The van der Waals surface area contributed by atoms with Gasteiger partial charge >= 0.3 is 0 Å². The second-order valence-electron chi connectivity index (χ2n) is 8.83. The fourth-order valence-electron chi connectivity index (χ4n) is 3.92. The van der Waals surface area contributed by atoms with E-state index in [4.69, 9.17) is 9.47 Å². The van der Waals surface area contributed by atoms with E-state index in [2.05, 4.69) is 11.9 Å². The molecular formula is C30H36N2O4. The minimum Gasteiger partial charge on any atom is -0.455 e. The first-order chi connectivity index (χ1) is 17.7. The summed E-state index contributed by atoms with van der Waals surface area (Å²) in [5.41, 5.74) is 1.86. The number of ether oxygens (including phenoxy) is 2. The zero-order valence-corrected chi connectivity index (χ0v) is 21.1. The molecule has 1 atom stereocenters. The number of aromatic nitrogens is 1. The van der Waals surface area contributed by atoms with Crippen LogP contribution in [0.15, 0.2) is 73.1 Å². The van der Waals surface area contributed by atoms with Crippen LogP contribution in [0.1, 0.15) is 75.8 Å². The molecule has 36 heavy (non-hydrogen) atoms. The van der Waals surface area contributed by atoms with Crippen molar-refractivity contribution in [3.63, 3.8) is 0 Å². The summed E-state index contributed by atoms with van der Waals surface area (Å²) >= 11 is 0. The third-order valence-corrected chi connectivity index (χ3v) is 5.95. The normalized spacial score (nSPS) is 11.9. The average Bonchev–Trinajstić information content (AvgIpc) is 2.90. The molecule has 0 spiro atoms.